The molecule has 1 aliphatic heterocycles. The number of aliphatic hydroxyl groups is 1. The Labute approximate surface area is 230 Å². The van der Waals surface area contributed by atoms with Gasteiger partial charge in [-0.3, -0.25) is 24.1 Å². The highest BCUT2D eigenvalue weighted by molar-refractivity contribution is 5.77. The molecule has 216 valence electrons. The van der Waals surface area contributed by atoms with Gasteiger partial charge in [-0.05, 0) is 30.5 Å². The SMILES string of the molecule is NCc1cnc(-c2cnc3c(=O)n(CC4(O)CCN(C(=O)CC(c5ccc(F)cc5)C(F)(F)F)CC4)cnn23)cn1. The molecule has 11 nitrogen and oxygen atoms in total. The van der Waals surface area contributed by atoms with E-state index in [0.717, 1.165) is 24.3 Å². The Balaban J connectivity index is 1.26. The summed E-state index contributed by atoms with van der Waals surface area (Å²) in [6.45, 7) is 0.0745. The van der Waals surface area contributed by atoms with Crippen LogP contribution in [0.25, 0.3) is 17.0 Å². The number of piperidine rings is 1. The third-order valence-corrected chi connectivity index (χ3v) is 7.23. The fourth-order valence-electron chi connectivity index (χ4n) is 4.85. The van der Waals surface area contributed by atoms with Crippen molar-refractivity contribution in [1.29, 1.82) is 0 Å². The molecule has 1 amide bonds. The number of fused-ring (bicyclic) bond motifs is 1. The summed E-state index contributed by atoms with van der Waals surface area (Å²) in [5, 5.41) is 15.4. The van der Waals surface area contributed by atoms with Crippen LogP contribution in [0, 0.1) is 5.82 Å². The summed E-state index contributed by atoms with van der Waals surface area (Å²) >= 11 is 0. The Morgan fingerprint density at radius 2 is 1.78 bits per heavy atom. The standard InChI is InChI=1S/C26H26F4N8O3/c27-17-3-1-16(2-4-17)19(26(28,29)30)9-22(39)36-7-5-25(41,6-8-36)14-37-15-35-38-21(13-34-23(38)24(37)40)20-12-32-18(10-31)11-33-20/h1-4,11-13,15,19,41H,5-10,14,31H2. The number of rotatable bonds is 7. The number of halogens is 4. The predicted molar refractivity (Wildman–Crippen MR) is 137 cm³/mol. The van der Waals surface area contributed by atoms with Gasteiger partial charge in [0.15, 0.2) is 0 Å². The topological polar surface area (TPSA) is 145 Å². The van der Waals surface area contributed by atoms with E-state index in [2.05, 4.69) is 20.1 Å². The summed E-state index contributed by atoms with van der Waals surface area (Å²) in [7, 11) is 0. The number of nitrogens with zero attached hydrogens (tertiary/aromatic N) is 7. The lowest BCUT2D eigenvalue weighted by atomic mass is 9.90. The van der Waals surface area contributed by atoms with Gasteiger partial charge in [0.1, 0.15) is 23.5 Å². The molecule has 0 spiro atoms. The summed E-state index contributed by atoms with van der Waals surface area (Å²) in [5.41, 5.74) is 4.88. The van der Waals surface area contributed by atoms with Crippen LogP contribution < -0.4 is 11.3 Å². The van der Waals surface area contributed by atoms with Gasteiger partial charge in [0, 0.05) is 26.1 Å². The van der Waals surface area contributed by atoms with Crippen molar-refractivity contribution < 1.29 is 27.5 Å². The minimum atomic E-state index is -4.70. The van der Waals surface area contributed by atoms with Crippen molar-refractivity contribution in [3.8, 4) is 11.4 Å². The van der Waals surface area contributed by atoms with Crippen LogP contribution in [0.5, 0.6) is 0 Å². The number of alkyl halides is 3. The molecule has 5 rings (SSSR count). The second-order valence-electron chi connectivity index (χ2n) is 9.99. The Morgan fingerprint density at radius 1 is 1.07 bits per heavy atom. The lowest BCUT2D eigenvalue weighted by Crippen LogP contribution is -2.50. The maximum atomic E-state index is 13.7. The zero-order chi connectivity index (χ0) is 29.4. The first kappa shape index (κ1) is 28.3. The molecule has 1 aromatic carbocycles. The van der Waals surface area contributed by atoms with E-state index in [9.17, 15) is 32.3 Å². The van der Waals surface area contributed by atoms with Crippen molar-refractivity contribution >= 4 is 11.6 Å². The third kappa shape index (κ3) is 5.95. The van der Waals surface area contributed by atoms with E-state index in [0.29, 0.717) is 17.1 Å². The van der Waals surface area contributed by atoms with Crippen molar-refractivity contribution in [2.75, 3.05) is 13.1 Å². The van der Waals surface area contributed by atoms with Crippen LogP contribution in [0.15, 0.2) is 54.0 Å². The van der Waals surface area contributed by atoms with Gasteiger partial charge < -0.3 is 15.7 Å². The van der Waals surface area contributed by atoms with Gasteiger partial charge in [0.25, 0.3) is 5.56 Å². The minimum Gasteiger partial charge on any atom is -0.388 e. The van der Waals surface area contributed by atoms with Crippen LogP contribution in [0.2, 0.25) is 0 Å². The molecule has 41 heavy (non-hydrogen) atoms. The van der Waals surface area contributed by atoms with E-state index in [4.69, 9.17) is 5.73 Å². The van der Waals surface area contributed by atoms with Crippen molar-refractivity contribution in [3.05, 3.63) is 76.6 Å². The number of nitrogens with two attached hydrogens (primary N) is 1. The van der Waals surface area contributed by atoms with Crippen LogP contribution >= 0.6 is 0 Å². The predicted octanol–water partition coefficient (Wildman–Crippen LogP) is 2.04. The largest absolute Gasteiger partial charge is 0.396 e. The Kier molecular flexibility index (Phi) is 7.57. The number of carbonyl (C=O) groups excluding carboxylic acids is 1. The highest BCUT2D eigenvalue weighted by Crippen LogP contribution is 2.38. The number of amides is 1. The average Bonchev–Trinajstić information content (AvgIpc) is 3.38. The molecule has 1 aliphatic rings. The molecule has 0 radical (unpaired) electrons. The number of carbonyl (C=O) groups is 1. The average molecular weight is 575 g/mol. The van der Waals surface area contributed by atoms with Gasteiger partial charge in [-0.2, -0.15) is 18.3 Å². The molecule has 1 fully saturated rings. The van der Waals surface area contributed by atoms with Crippen molar-refractivity contribution in [3.63, 3.8) is 0 Å². The van der Waals surface area contributed by atoms with E-state index in [1.54, 1.807) is 0 Å². The monoisotopic (exact) mass is 574 g/mol. The molecule has 1 atom stereocenters. The molecule has 4 aromatic rings. The van der Waals surface area contributed by atoms with Crippen molar-refractivity contribution in [2.24, 2.45) is 5.73 Å². The smallest absolute Gasteiger partial charge is 0.388 e. The number of hydrogen-bond acceptors (Lipinski definition) is 8. The van der Waals surface area contributed by atoms with Crippen LogP contribution in [0.1, 0.15) is 36.4 Å². The molecular formula is C26H26F4N8O3. The van der Waals surface area contributed by atoms with Gasteiger partial charge in [-0.15, -0.1) is 0 Å². The van der Waals surface area contributed by atoms with Gasteiger partial charge >= 0.3 is 6.18 Å². The number of aromatic nitrogens is 6. The van der Waals surface area contributed by atoms with E-state index in [1.807, 2.05) is 0 Å². The lowest BCUT2D eigenvalue weighted by Gasteiger charge is -2.39. The molecule has 15 heteroatoms. The Hall–Kier alpha value is -4.24. The highest BCUT2D eigenvalue weighted by atomic mass is 19.4. The normalized spacial score (nSPS) is 16.2. The van der Waals surface area contributed by atoms with Crippen molar-refractivity contribution in [2.45, 2.75) is 50.0 Å². The molecule has 0 saturated carbocycles. The number of imidazole rings is 1. The van der Waals surface area contributed by atoms with Crippen LogP contribution in [0.4, 0.5) is 17.6 Å². The maximum Gasteiger partial charge on any atom is 0.396 e. The van der Waals surface area contributed by atoms with Gasteiger partial charge in [-0.25, -0.2) is 13.9 Å². The van der Waals surface area contributed by atoms with Crippen LogP contribution in [-0.4, -0.2) is 69.9 Å². The molecule has 3 N–H and O–H groups in total. The number of likely N-dealkylation sites (tertiary alicyclic amines) is 1. The summed E-state index contributed by atoms with van der Waals surface area (Å²) in [4.78, 5) is 39.8. The van der Waals surface area contributed by atoms with Crippen LogP contribution in [-0.2, 0) is 17.9 Å². The first-order valence-electron chi connectivity index (χ1n) is 12.7. The summed E-state index contributed by atoms with van der Waals surface area (Å²) in [5.74, 6) is -3.49. The second-order valence-corrected chi connectivity index (χ2v) is 9.99. The molecule has 1 unspecified atom stereocenters. The zero-order valence-corrected chi connectivity index (χ0v) is 21.6. The second kappa shape index (κ2) is 11.0. The summed E-state index contributed by atoms with van der Waals surface area (Å²) in [6.07, 6.45) is 0.216. The Morgan fingerprint density at radius 3 is 2.39 bits per heavy atom. The summed E-state index contributed by atoms with van der Waals surface area (Å²) < 4.78 is 56.9. The fourth-order valence-corrected chi connectivity index (χ4v) is 4.85. The van der Waals surface area contributed by atoms with Gasteiger partial charge in [-0.1, -0.05) is 12.1 Å². The van der Waals surface area contributed by atoms with E-state index >= 15 is 0 Å². The lowest BCUT2D eigenvalue weighted by molar-refractivity contribution is -0.162. The first-order valence-corrected chi connectivity index (χ1v) is 12.7. The fraction of sp³-hybridized carbons (Fsp3) is 0.385. The summed E-state index contributed by atoms with van der Waals surface area (Å²) in [6, 6.07) is 3.88. The third-order valence-electron chi connectivity index (χ3n) is 7.23. The van der Waals surface area contributed by atoms with Crippen molar-refractivity contribution in [1.82, 2.24) is 34.0 Å². The minimum absolute atomic E-state index is 0.00125. The van der Waals surface area contributed by atoms with E-state index < -0.39 is 41.4 Å². The van der Waals surface area contributed by atoms with E-state index in [-0.39, 0.29) is 50.2 Å². The Bertz CT molecular complexity index is 1590. The maximum absolute atomic E-state index is 13.7. The van der Waals surface area contributed by atoms with E-state index in [1.165, 1.54) is 38.9 Å². The first-order chi connectivity index (χ1) is 19.5. The number of benzene rings is 1. The molecular weight excluding hydrogens is 548 g/mol. The molecule has 4 heterocycles. The van der Waals surface area contributed by atoms with Gasteiger partial charge in [0.05, 0.1) is 42.3 Å². The molecule has 0 aliphatic carbocycles. The zero-order valence-electron chi connectivity index (χ0n) is 21.6. The van der Waals surface area contributed by atoms with Crippen LogP contribution in [0.3, 0.4) is 0 Å². The van der Waals surface area contributed by atoms with Gasteiger partial charge in [0.2, 0.25) is 11.6 Å². The molecule has 0 bridgehead atoms. The highest BCUT2D eigenvalue weighted by Gasteiger charge is 2.43. The molecule has 3 aromatic heterocycles. The quantitative estimate of drug-likeness (QED) is 0.319. The molecule has 1 saturated heterocycles. The number of hydrogen-bond donors (Lipinski definition) is 2.